The van der Waals surface area contributed by atoms with E-state index >= 15 is 0 Å². The van der Waals surface area contributed by atoms with Crippen molar-refractivity contribution >= 4 is 40.9 Å². The van der Waals surface area contributed by atoms with E-state index < -0.39 is 0 Å². The lowest BCUT2D eigenvalue weighted by Gasteiger charge is -2.19. The molecule has 0 radical (unpaired) electrons. The van der Waals surface area contributed by atoms with Crippen LogP contribution in [0.1, 0.15) is 19.3 Å². The van der Waals surface area contributed by atoms with Crippen molar-refractivity contribution in [3.63, 3.8) is 0 Å². The molecule has 2 heterocycles. The number of carbonyl (C=O) groups excluding carboxylic acids is 1. The summed E-state index contributed by atoms with van der Waals surface area (Å²) in [5.74, 6) is 0.822. The molecule has 1 aliphatic heterocycles. The van der Waals surface area contributed by atoms with Gasteiger partial charge in [-0.2, -0.15) is 0 Å². The second kappa shape index (κ2) is 9.49. The lowest BCUT2D eigenvalue weighted by molar-refractivity contribution is -0.115. The van der Waals surface area contributed by atoms with Gasteiger partial charge in [0.25, 0.3) is 0 Å². The Bertz CT molecular complexity index is 1020. The Balaban J connectivity index is 1.46. The number of anilines is 2. The molecule has 6 nitrogen and oxygen atoms in total. The number of aromatic nitrogens is 3. The summed E-state index contributed by atoms with van der Waals surface area (Å²) in [7, 11) is 0. The second-order valence-corrected chi connectivity index (χ2v) is 8.39. The van der Waals surface area contributed by atoms with Gasteiger partial charge in [0.1, 0.15) is 5.82 Å². The van der Waals surface area contributed by atoms with E-state index in [4.69, 9.17) is 11.6 Å². The number of hydrogen-bond acceptors (Lipinski definition) is 5. The molecule has 4 rings (SSSR count). The van der Waals surface area contributed by atoms with E-state index in [1.54, 1.807) is 0 Å². The zero-order valence-corrected chi connectivity index (χ0v) is 17.8. The van der Waals surface area contributed by atoms with E-state index in [1.807, 2.05) is 28.8 Å². The van der Waals surface area contributed by atoms with Crippen LogP contribution in [0.5, 0.6) is 0 Å². The molecule has 0 saturated carbocycles. The van der Waals surface area contributed by atoms with Crippen LogP contribution in [0.4, 0.5) is 16.0 Å². The number of halogens is 2. The van der Waals surface area contributed by atoms with Gasteiger partial charge in [-0.3, -0.25) is 9.36 Å². The third kappa shape index (κ3) is 4.76. The number of benzene rings is 2. The topological polar surface area (TPSA) is 63.1 Å². The molecular formula is C21H21ClFN5OS. The molecule has 1 amide bonds. The van der Waals surface area contributed by atoms with Crippen molar-refractivity contribution in [2.45, 2.75) is 24.4 Å². The van der Waals surface area contributed by atoms with Crippen LogP contribution in [-0.2, 0) is 4.79 Å². The normalized spacial score (nSPS) is 13.6. The van der Waals surface area contributed by atoms with Gasteiger partial charge in [-0.05, 0) is 49.2 Å². The fourth-order valence-corrected chi connectivity index (χ4v) is 4.41. The average Bonchev–Trinajstić information content (AvgIpc) is 3.40. The number of amides is 1. The quantitative estimate of drug-likeness (QED) is 0.530. The van der Waals surface area contributed by atoms with Crippen molar-refractivity contribution in [3.8, 4) is 5.69 Å². The van der Waals surface area contributed by atoms with Gasteiger partial charge in [-0.15, -0.1) is 10.2 Å². The molecule has 3 aromatic rings. The van der Waals surface area contributed by atoms with Crippen LogP contribution >= 0.6 is 23.4 Å². The number of nitrogens with one attached hydrogen (secondary N) is 1. The van der Waals surface area contributed by atoms with Crippen molar-refractivity contribution in [1.29, 1.82) is 0 Å². The summed E-state index contributed by atoms with van der Waals surface area (Å²) < 4.78 is 15.0. The van der Waals surface area contributed by atoms with E-state index in [0.717, 1.165) is 37.6 Å². The highest BCUT2D eigenvalue weighted by atomic mass is 35.5. The van der Waals surface area contributed by atoms with Crippen molar-refractivity contribution < 1.29 is 9.18 Å². The van der Waals surface area contributed by atoms with Gasteiger partial charge in [0.15, 0.2) is 5.16 Å². The van der Waals surface area contributed by atoms with Gasteiger partial charge in [0, 0.05) is 31.0 Å². The number of nitrogens with zero attached hydrogens (tertiary/aromatic N) is 4. The van der Waals surface area contributed by atoms with E-state index in [1.165, 1.54) is 36.0 Å². The van der Waals surface area contributed by atoms with Crippen LogP contribution in [0.2, 0.25) is 5.02 Å². The molecule has 2 aromatic carbocycles. The Hall–Kier alpha value is -2.58. The molecule has 0 aliphatic carbocycles. The Labute approximate surface area is 183 Å². The Morgan fingerprint density at radius 2 is 1.83 bits per heavy atom. The van der Waals surface area contributed by atoms with Gasteiger partial charge >= 0.3 is 0 Å². The van der Waals surface area contributed by atoms with Crippen molar-refractivity contribution in [2.75, 3.05) is 29.1 Å². The molecule has 0 spiro atoms. The summed E-state index contributed by atoms with van der Waals surface area (Å²) >= 11 is 7.91. The van der Waals surface area contributed by atoms with E-state index in [9.17, 15) is 9.18 Å². The number of carbonyl (C=O) groups is 1. The highest BCUT2D eigenvalue weighted by Gasteiger charge is 2.23. The molecule has 0 unspecified atom stereocenters. The molecule has 0 bridgehead atoms. The van der Waals surface area contributed by atoms with Crippen LogP contribution < -0.4 is 10.2 Å². The predicted molar refractivity (Wildman–Crippen MR) is 118 cm³/mol. The fourth-order valence-electron chi connectivity index (χ4n) is 3.31. The van der Waals surface area contributed by atoms with Crippen molar-refractivity contribution in [3.05, 3.63) is 59.4 Å². The molecule has 0 atom stereocenters. The highest BCUT2D eigenvalue weighted by molar-refractivity contribution is 7.99. The third-order valence-corrected chi connectivity index (χ3v) is 6.04. The Kier molecular flexibility index (Phi) is 6.54. The average molecular weight is 446 g/mol. The summed E-state index contributed by atoms with van der Waals surface area (Å²) in [5.41, 5.74) is 1.39. The molecule has 156 valence electrons. The van der Waals surface area contributed by atoms with Crippen LogP contribution in [0.15, 0.2) is 53.7 Å². The minimum atomic E-state index is -0.337. The highest BCUT2D eigenvalue weighted by Crippen LogP contribution is 2.32. The lowest BCUT2D eigenvalue weighted by Crippen LogP contribution is -2.22. The van der Waals surface area contributed by atoms with Gasteiger partial charge < -0.3 is 10.2 Å². The maximum Gasteiger partial charge on any atom is 0.232 e. The van der Waals surface area contributed by atoms with Gasteiger partial charge in [-0.25, -0.2) is 4.39 Å². The first kappa shape index (κ1) is 20.7. The summed E-state index contributed by atoms with van der Waals surface area (Å²) in [4.78, 5) is 14.4. The molecule has 1 fully saturated rings. The molecule has 1 saturated heterocycles. The maximum absolute atomic E-state index is 13.0. The number of hydrogen-bond donors (Lipinski definition) is 1. The molecular weight excluding hydrogens is 425 g/mol. The van der Waals surface area contributed by atoms with Crippen LogP contribution in [0.25, 0.3) is 5.69 Å². The minimum absolute atomic E-state index is 0.141. The largest absolute Gasteiger partial charge is 0.341 e. The first-order chi connectivity index (χ1) is 14.6. The molecule has 9 heteroatoms. The minimum Gasteiger partial charge on any atom is -0.341 e. The SMILES string of the molecule is O=C(CCSc1nnc(N2CCCC2)n1-c1ccccc1Cl)Nc1ccc(F)cc1. The summed E-state index contributed by atoms with van der Waals surface area (Å²) in [6.07, 6.45) is 2.54. The molecule has 30 heavy (non-hydrogen) atoms. The summed E-state index contributed by atoms with van der Waals surface area (Å²) in [6, 6.07) is 13.3. The maximum atomic E-state index is 13.0. The summed E-state index contributed by atoms with van der Waals surface area (Å²) in [5, 5.41) is 12.9. The lowest BCUT2D eigenvalue weighted by atomic mass is 10.3. The molecule has 1 N–H and O–H groups in total. The number of para-hydroxylation sites is 1. The number of rotatable bonds is 7. The zero-order valence-electron chi connectivity index (χ0n) is 16.2. The van der Waals surface area contributed by atoms with Gasteiger partial charge in [-0.1, -0.05) is 35.5 Å². The first-order valence-corrected chi connectivity index (χ1v) is 11.1. The Morgan fingerprint density at radius 1 is 1.10 bits per heavy atom. The van der Waals surface area contributed by atoms with Crippen LogP contribution in [0, 0.1) is 5.82 Å². The molecule has 1 aromatic heterocycles. The van der Waals surface area contributed by atoms with E-state index in [-0.39, 0.29) is 18.1 Å². The van der Waals surface area contributed by atoms with Gasteiger partial charge in [0.05, 0.1) is 10.7 Å². The summed E-state index contributed by atoms with van der Waals surface area (Å²) in [6.45, 7) is 1.88. The monoisotopic (exact) mass is 445 g/mol. The second-order valence-electron chi connectivity index (χ2n) is 6.92. The smallest absolute Gasteiger partial charge is 0.232 e. The predicted octanol–water partition coefficient (Wildman–Crippen LogP) is 4.78. The van der Waals surface area contributed by atoms with Crippen LogP contribution in [-0.4, -0.2) is 39.5 Å². The number of thioether (sulfide) groups is 1. The van der Waals surface area contributed by atoms with Crippen molar-refractivity contribution in [1.82, 2.24) is 14.8 Å². The van der Waals surface area contributed by atoms with Crippen molar-refractivity contribution in [2.24, 2.45) is 0 Å². The first-order valence-electron chi connectivity index (χ1n) is 9.75. The van der Waals surface area contributed by atoms with Crippen LogP contribution in [0.3, 0.4) is 0 Å². The standard InChI is InChI=1S/C21H21ClFN5OS/c22-17-5-1-2-6-18(17)28-20(27-12-3-4-13-27)25-26-21(28)30-14-11-19(29)24-16-9-7-15(23)8-10-16/h1-2,5-10H,3-4,11-14H2,(H,24,29). The molecule has 1 aliphatic rings. The van der Waals surface area contributed by atoms with E-state index in [2.05, 4.69) is 20.4 Å². The Morgan fingerprint density at radius 3 is 2.57 bits per heavy atom. The zero-order chi connectivity index (χ0) is 20.9. The van der Waals surface area contributed by atoms with Gasteiger partial charge in [0.2, 0.25) is 11.9 Å². The fraction of sp³-hybridized carbons (Fsp3) is 0.286. The van der Waals surface area contributed by atoms with E-state index in [0.29, 0.717) is 21.6 Å². The third-order valence-electron chi connectivity index (χ3n) is 4.79.